The van der Waals surface area contributed by atoms with Gasteiger partial charge in [-0.3, -0.25) is 0 Å². The highest BCUT2D eigenvalue weighted by molar-refractivity contribution is 4.88. The van der Waals surface area contributed by atoms with Crippen LogP contribution in [0.3, 0.4) is 0 Å². The molecular formula is C13H26O2. The monoisotopic (exact) mass is 214 g/mol. The highest BCUT2D eigenvalue weighted by Gasteiger charge is 2.37. The van der Waals surface area contributed by atoms with E-state index in [1.54, 1.807) is 0 Å². The number of rotatable bonds is 5. The number of aliphatic hydroxyl groups excluding tert-OH is 2. The van der Waals surface area contributed by atoms with Crippen LogP contribution >= 0.6 is 0 Å². The summed E-state index contributed by atoms with van der Waals surface area (Å²) >= 11 is 0. The van der Waals surface area contributed by atoms with Crippen LogP contribution in [0.5, 0.6) is 0 Å². The molecule has 1 aliphatic carbocycles. The molecule has 15 heavy (non-hydrogen) atoms. The first-order valence-electron chi connectivity index (χ1n) is 6.36. The van der Waals surface area contributed by atoms with Crippen molar-refractivity contribution in [2.75, 3.05) is 13.2 Å². The van der Waals surface area contributed by atoms with Gasteiger partial charge >= 0.3 is 0 Å². The van der Waals surface area contributed by atoms with Crippen LogP contribution in [0.1, 0.15) is 52.4 Å². The molecule has 1 aliphatic rings. The Morgan fingerprint density at radius 1 is 1.27 bits per heavy atom. The first-order chi connectivity index (χ1) is 7.14. The average molecular weight is 214 g/mol. The van der Waals surface area contributed by atoms with E-state index in [0.29, 0.717) is 30.5 Å². The number of hydrogen-bond acceptors (Lipinski definition) is 2. The minimum atomic E-state index is 0.310. The Balaban J connectivity index is 2.62. The average Bonchev–Trinajstić information content (AvgIpc) is 2.19. The van der Waals surface area contributed by atoms with Gasteiger partial charge in [-0.25, -0.2) is 0 Å². The zero-order chi connectivity index (χ0) is 11.3. The first kappa shape index (κ1) is 13.0. The van der Waals surface area contributed by atoms with Gasteiger partial charge in [-0.1, -0.05) is 26.7 Å². The molecule has 0 radical (unpaired) electrons. The molecule has 1 fully saturated rings. The standard InChI is InChI=1S/C13H26O2/c1-11(2)13(7-9-15)6-3-4-12(10-13)5-8-14/h11-12,14-15H,3-10H2,1-2H3/t12-,13-/m0/s1. The molecule has 90 valence electrons. The summed E-state index contributed by atoms with van der Waals surface area (Å²) in [4.78, 5) is 0. The summed E-state index contributed by atoms with van der Waals surface area (Å²) in [7, 11) is 0. The lowest BCUT2D eigenvalue weighted by Crippen LogP contribution is -2.34. The van der Waals surface area contributed by atoms with E-state index in [1.807, 2.05) is 0 Å². The van der Waals surface area contributed by atoms with Crippen LogP contribution in [0.15, 0.2) is 0 Å². The summed E-state index contributed by atoms with van der Waals surface area (Å²) in [6, 6.07) is 0. The van der Waals surface area contributed by atoms with Crippen LogP contribution in [0.2, 0.25) is 0 Å². The van der Waals surface area contributed by atoms with Crippen molar-refractivity contribution in [2.24, 2.45) is 17.3 Å². The molecule has 0 aromatic carbocycles. The number of aliphatic hydroxyl groups is 2. The molecule has 0 aliphatic heterocycles. The van der Waals surface area contributed by atoms with E-state index in [1.165, 1.54) is 25.7 Å². The summed E-state index contributed by atoms with van der Waals surface area (Å²) in [5.41, 5.74) is 0.340. The molecular weight excluding hydrogens is 188 g/mol. The fourth-order valence-corrected chi connectivity index (χ4v) is 3.21. The molecule has 0 spiro atoms. The molecule has 2 nitrogen and oxygen atoms in total. The molecule has 1 rings (SSSR count). The van der Waals surface area contributed by atoms with E-state index in [9.17, 15) is 5.11 Å². The molecule has 0 saturated heterocycles. The molecule has 2 heteroatoms. The Morgan fingerprint density at radius 2 is 2.00 bits per heavy atom. The topological polar surface area (TPSA) is 40.5 Å². The van der Waals surface area contributed by atoms with Crippen molar-refractivity contribution < 1.29 is 10.2 Å². The Bertz CT molecular complexity index is 173. The zero-order valence-electron chi connectivity index (χ0n) is 10.2. The van der Waals surface area contributed by atoms with E-state index < -0.39 is 0 Å². The fraction of sp³-hybridized carbons (Fsp3) is 1.00. The van der Waals surface area contributed by atoms with E-state index >= 15 is 0 Å². The van der Waals surface area contributed by atoms with Gasteiger partial charge in [0.25, 0.3) is 0 Å². The van der Waals surface area contributed by atoms with Gasteiger partial charge in [0, 0.05) is 13.2 Å². The molecule has 0 aromatic heterocycles. The second kappa shape index (κ2) is 5.86. The minimum absolute atomic E-state index is 0.310. The second-order valence-electron chi connectivity index (χ2n) is 5.47. The molecule has 0 unspecified atom stereocenters. The lowest BCUT2D eigenvalue weighted by Gasteiger charge is -2.44. The maximum absolute atomic E-state index is 9.20. The van der Waals surface area contributed by atoms with Crippen LogP contribution in [0.25, 0.3) is 0 Å². The molecule has 0 amide bonds. The van der Waals surface area contributed by atoms with Gasteiger partial charge in [-0.15, -0.1) is 0 Å². The van der Waals surface area contributed by atoms with Crippen molar-refractivity contribution in [2.45, 2.75) is 52.4 Å². The summed E-state index contributed by atoms with van der Waals surface area (Å²) in [5.74, 6) is 1.32. The Hall–Kier alpha value is -0.0800. The molecule has 0 aromatic rings. The third kappa shape index (κ3) is 3.18. The predicted octanol–water partition coefficient (Wildman–Crippen LogP) is 2.58. The van der Waals surface area contributed by atoms with Gasteiger partial charge in [0.1, 0.15) is 0 Å². The maximum Gasteiger partial charge on any atom is 0.0436 e. The summed E-state index contributed by atoms with van der Waals surface area (Å²) < 4.78 is 0. The van der Waals surface area contributed by atoms with Crippen LogP contribution in [-0.2, 0) is 0 Å². The van der Waals surface area contributed by atoms with Crippen molar-refractivity contribution in [1.82, 2.24) is 0 Å². The first-order valence-corrected chi connectivity index (χ1v) is 6.36. The van der Waals surface area contributed by atoms with Crippen molar-refractivity contribution in [3.8, 4) is 0 Å². The van der Waals surface area contributed by atoms with Crippen molar-refractivity contribution in [3.05, 3.63) is 0 Å². The SMILES string of the molecule is CC(C)[C@]1(CCO)CCC[C@@H](CCO)C1. The maximum atomic E-state index is 9.20. The Labute approximate surface area is 93.7 Å². The van der Waals surface area contributed by atoms with E-state index in [-0.39, 0.29) is 0 Å². The summed E-state index contributed by atoms with van der Waals surface area (Å²) in [5, 5.41) is 18.2. The third-order valence-electron chi connectivity index (χ3n) is 4.35. The molecule has 2 atom stereocenters. The quantitative estimate of drug-likeness (QED) is 0.738. The Kier molecular flexibility index (Phi) is 5.07. The summed E-state index contributed by atoms with van der Waals surface area (Å²) in [6.07, 6.45) is 6.87. The van der Waals surface area contributed by atoms with Gasteiger partial charge in [0.15, 0.2) is 0 Å². The van der Waals surface area contributed by atoms with Gasteiger partial charge in [-0.05, 0) is 42.9 Å². The smallest absolute Gasteiger partial charge is 0.0436 e. The van der Waals surface area contributed by atoms with Gasteiger partial charge in [-0.2, -0.15) is 0 Å². The van der Waals surface area contributed by atoms with Crippen molar-refractivity contribution >= 4 is 0 Å². The highest BCUT2D eigenvalue weighted by Crippen LogP contribution is 2.47. The van der Waals surface area contributed by atoms with Crippen molar-refractivity contribution in [3.63, 3.8) is 0 Å². The van der Waals surface area contributed by atoms with E-state index in [2.05, 4.69) is 13.8 Å². The van der Waals surface area contributed by atoms with Gasteiger partial charge in [0.2, 0.25) is 0 Å². The third-order valence-corrected chi connectivity index (χ3v) is 4.35. The van der Waals surface area contributed by atoms with E-state index in [4.69, 9.17) is 5.11 Å². The van der Waals surface area contributed by atoms with E-state index in [0.717, 1.165) is 12.8 Å². The van der Waals surface area contributed by atoms with Crippen LogP contribution in [0, 0.1) is 17.3 Å². The fourth-order valence-electron chi connectivity index (χ4n) is 3.21. The predicted molar refractivity (Wildman–Crippen MR) is 62.6 cm³/mol. The highest BCUT2D eigenvalue weighted by atomic mass is 16.3. The second-order valence-corrected chi connectivity index (χ2v) is 5.47. The van der Waals surface area contributed by atoms with Gasteiger partial charge in [0.05, 0.1) is 0 Å². The van der Waals surface area contributed by atoms with Crippen LogP contribution in [-0.4, -0.2) is 23.4 Å². The van der Waals surface area contributed by atoms with Gasteiger partial charge < -0.3 is 10.2 Å². The molecule has 0 bridgehead atoms. The molecule has 2 N–H and O–H groups in total. The van der Waals surface area contributed by atoms with Crippen molar-refractivity contribution in [1.29, 1.82) is 0 Å². The summed E-state index contributed by atoms with van der Waals surface area (Å²) in [6.45, 7) is 5.18. The largest absolute Gasteiger partial charge is 0.396 e. The molecule has 0 heterocycles. The lowest BCUT2D eigenvalue weighted by molar-refractivity contribution is 0.0423. The van der Waals surface area contributed by atoms with Crippen LogP contribution in [0.4, 0.5) is 0 Å². The molecule has 1 saturated carbocycles. The lowest BCUT2D eigenvalue weighted by atomic mass is 9.62. The minimum Gasteiger partial charge on any atom is -0.396 e. The van der Waals surface area contributed by atoms with Crippen LogP contribution < -0.4 is 0 Å². The number of hydrogen-bond donors (Lipinski definition) is 2. The zero-order valence-corrected chi connectivity index (χ0v) is 10.2. The Morgan fingerprint density at radius 3 is 2.53 bits per heavy atom. The normalized spacial score (nSPS) is 32.2.